The second kappa shape index (κ2) is 6.51. The Balaban J connectivity index is 1.49. The SMILES string of the molecule is C[C@@H](NC(=O)c1nnc2n1CCCC2)c1cnn(-c2ccccc2)c1. The summed E-state index contributed by atoms with van der Waals surface area (Å²) in [5.74, 6) is 1.11. The number of hydrogen-bond acceptors (Lipinski definition) is 4. The molecule has 1 aromatic carbocycles. The van der Waals surface area contributed by atoms with E-state index in [2.05, 4.69) is 20.6 Å². The third-order valence-corrected chi connectivity index (χ3v) is 4.53. The van der Waals surface area contributed by atoms with Gasteiger partial charge in [-0.15, -0.1) is 10.2 Å². The summed E-state index contributed by atoms with van der Waals surface area (Å²) < 4.78 is 3.73. The maximum atomic E-state index is 12.6. The van der Waals surface area contributed by atoms with Crippen molar-refractivity contribution >= 4 is 5.91 Å². The van der Waals surface area contributed by atoms with Crippen molar-refractivity contribution in [2.24, 2.45) is 0 Å². The van der Waals surface area contributed by atoms with Crippen LogP contribution in [0.1, 0.15) is 47.8 Å². The van der Waals surface area contributed by atoms with Crippen molar-refractivity contribution in [3.8, 4) is 5.69 Å². The summed E-state index contributed by atoms with van der Waals surface area (Å²) in [6.45, 7) is 2.75. The largest absolute Gasteiger partial charge is 0.343 e. The molecule has 0 aliphatic carbocycles. The van der Waals surface area contributed by atoms with Gasteiger partial charge in [0.15, 0.2) is 0 Å². The van der Waals surface area contributed by atoms with E-state index >= 15 is 0 Å². The minimum atomic E-state index is -0.194. The van der Waals surface area contributed by atoms with Crippen LogP contribution in [-0.4, -0.2) is 30.5 Å². The van der Waals surface area contributed by atoms with Crippen molar-refractivity contribution in [2.45, 2.75) is 38.8 Å². The first kappa shape index (κ1) is 15.6. The zero-order chi connectivity index (χ0) is 17.2. The van der Waals surface area contributed by atoms with E-state index < -0.39 is 0 Å². The van der Waals surface area contributed by atoms with E-state index in [0.717, 1.165) is 42.9 Å². The zero-order valence-electron chi connectivity index (χ0n) is 14.1. The van der Waals surface area contributed by atoms with Crippen LogP contribution < -0.4 is 5.32 Å². The smallest absolute Gasteiger partial charge is 0.289 e. The maximum Gasteiger partial charge on any atom is 0.289 e. The molecule has 7 nitrogen and oxygen atoms in total. The third-order valence-electron chi connectivity index (χ3n) is 4.53. The molecule has 3 aromatic rings. The molecule has 128 valence electrons. The monoisotopic (exact) mass is 336 g/mol. The van der Waals surface area contributed by atoms with Gasteiger partial charge in [0.2, 0.25) is 5.82 Å². The van der Waals surface area contributed by atoms with E-state index in [0.29, 0.717) is 5.82 Å². The van der Waals surface area contributed by atoms with E-state index in [4.69, 9.17) is 0 Å². The number of aromatic nitrogens is 5. The number of para-hydroxylation sites is 1. The Morgan fingerprint density at radius 2 is 2.04 bits per heavy atom. The Hall–Kier alpha value is -2.96. The molecule has 3 heterocycles. The van der Waals surface area contributed by atoms with Crippen LogP contribution in [0.25, 0.3) is 5.69 Å². The molecule has 1 amide bonds. The Morgan fingerprint density at radius 1 is 1.20 bits per heavy atom. The van der Waals surface area contributed by atoms with Crippen molar-refractivity contribution in [3.05, 3.63) is 59.9 Å². The second-order valence-corrected chi connectivity index (χ2v) is 6.30. The quantitative estimate of drug-likeness (QED) is 0.793. The van der Waals surface area contributed by atoms with Crippen molar-refractivity contribution in [1.29, 1.82) is 0 Å². The molecule has 7 heteroatoms. The van der Waals surface area contributed by atoms with Crippen LogP contribution in [0.3, 0.4) is 0 Å². The lowest BCUT2D eigenvalue weighted by atomic mass is 10.1. The summed E-state index contributed by atoms with van der Waals surface area (Å²) in [7, 11) is 0. The van der Waals surface area contributed by atoms with Crippen LogP contribution in [0.15, 0.2) is 42.7 Å². The molecule has 0 saturated carbocycles. The van der Waals surface area contributed by atoms with E-state index in [1.165, 1.54) is 0 Å². The first-order valence-electron chi connectivity index (χ1n) is 8.55. The average Bonchev–Trinajstić information content (AvgIpc) is 3.30. The predicted octanol–water partition coefficient (Wildman–Crippen LogP) is 2.29. The normalized spacial score (nSPS) is 14.8. The van der Waals surface area contributed by atoms with E-state index in [-0.39, 0.29) is 11.9 Å². The summed E-state index contributed by atoms with van der Waals surface area (Å²) >= 11 is 0. The molecule has 1 N–H and O–H groups in total. The van der Waals surface area contributed by atoms with Crippen LogP contribution in [-0.2, 0) is 13.0 Å². The maximum absolute atomic E-state index is 12.6. The van der Waals surface area contributed by atoms with Crippen LogP contribution in [0, 0.1) is 0 Å². The van der Waals surface area contributed by atoms with Crippen LogP contribution in [0.5, 0.6) is 0 Å². The summed E-state index contributed by atoms with van der Waals surface area (Å²) in [6.07, 6.45) is 6.76. The van der Waals surface area contributed by atoms with Gasteiger partial charge in [0.05, 0.1) is 17.9 Å². The Kier molecular flexibility index (Phi) is 4.05. The number of benzene rings is 1. The molecule has 0 bridgehead atoms. The molecule has 1 atom stereocenters. The molecule has 0 unspecified atom stereocenters. The first-order valence-corrected chi connectivity index (χ1v) is 8.55. The fraction of sp³-hybridized carbons (Fsp3) is 0.333. The predicted molar refractivity (Wildman–Crippen MR) is 92.4 cm³/mol. The first-order chi connectivity index (χ1) is 12.2. The molecule has 0 fully saturated rings. The van der Waals surface area contributed by atoms with E-state index in [9.17, 15) is 4.79 Å². The number of rotatable bonds is 4. The summed E-state index contributed by atoms with van der Waals surface area (Å²) in [5, 5.41) is 15.6. The topological polar surface area (TPSA) is 77.6 Å². The fourth-order valence-electron chi connectivity index (χ4n) is 3.10. The number of hydrogen-bond donors (Lipinski definition) is 1. The van der Waals surface area contributed by atoms with Crippen LogP contribution in [0.2, 0.25) is 0 Å². The molecule has 4 rings (SSSR count). The summed E-state index contributed by atoms with van der Waals surface area (Å²) in [5.41, 5.74) is 1.93. The number of nitrogens with zero attached hydrogens (tertiary/aromatic N) is 5. The van der Waals surface area contributed by atoms with Crippen LogP contribution >= 0.6 is 0 Å². The number of fused-ring (bicyclic) bond motifs is 1. The number of nitrogens with one attached hydrogen (secondary N) is 1. The Labute approximate surface area is 145 Å². The molecule has 1 aliphatic heterocycles. The highest BCUT2D eigenvalue weighted by molar-refractivity contribution is 5.91. The number of carbonyl (C=O) groups excluding carboxylic acids is 1. The third kappa shape index (κ3) is 3.05. The highest BCUT2D eigenvalue weighted by atomic mass is 16.2. The lowest BCUT2D eigenvalue weighted by molar-refractivity contribution is 0.0923. The van der Waals surface area contributed by atoms with Gasteiger partial charge in [0.25, 0.3) is 5.91 Å². The minimum absolute atomic E-state index is 0.165. The van der Waals surface area contributed by atoms with Crippen molar-refractivity contribution < 1.29 is 4.79 Å². The van der Waals surface area contributed by atoms with Crippen molar-refractivity contribution in [1.82, 2.24) is 29.9 Å². The number of aryl methyl sites for hydroxylation is 1. The van der Waals surface area contributed by atoms with E-state index in [1.807, 2.05) is 48.0 Å². The van der Waals surface area contributed by atoms with Gasteiger partial charge in [-0.1, -0.05) is 18.2 Å². The zero-order valence-corrected chi connectivity index (χ0v) is 14.1. The molecule has 0 spiro atoms. The summed E-state index contributed by atoms with van der Waals surface area (Å²) in [4.78, 5) is 12.6. The molecular formula is C18H20N6O. The lowest BCUT2D eigenvalue weighted by Crippen LogP contribution is -2.30. The summed E-state index contributed by atoms with van der Waals surface area (Å²) in [6, 6.07) is 9.72. The molecule has 2 aromatic heterocycles. The number of carbonyl (C=O) groups is 1. The van der Waals surface area contributed by atoms with Gasteiger partial charge < -0.3 is 9.88 Å². The van der Waals surface area contributed by atoms with Gasteiger partial charge >= 0.3 is 0 Å². The minimum Gasteiger partial charge on any atom is -0.343 e. The van der Waals surface area contributed by atoms with Crippen molar-refractivity contribution in [2.75, 3.05) is 0 Å². The van der Waals surface area contributed by atoms with E-state index in [1.54, 1.807) is 10.9 Å². The second-order valence-electron chi connectivity index (χ2n) is 6.30. The fourth-order valence-corrected chi connectivity index (χ4v) is 3.10. The van der Waals surface area contributed by atoms with Gasteiger partial charge in [-0.3, -0.25) is 4.79 Å². The van der Waals surface area contributed by atoms with Gasteiger partial charge in [0, 0.05) is 24.7 Å². The molecule has 25 heavy (non-hydrogen) atoms. The van der Waals surface area contributed by atoms with Crippen molar-refractivity contribution in [3.63, 3.8) is 0 Å². The number of amides is 1. The van der Waals surface area contributed by atoms with Gasteiger partial charge in [-0.25, -0.2) is 4.68 Å². The standard InChI is InChI=1S/C18H20N6O/c1-13(14-11-19-24(12-14)15-7-3-2-4-8-15)20-18(25)17-22-21-16-9-5-6-10-23(16)17/h2-4,7-8,11-13H,5-6,9-10H2,1H3,(H,20,25)/t13-/m1/s1. The lowest BCUT2D eigenvalue weighted by Gasteiger charge is -2.16. The van der Waals surface area contributed by atoms with Gasteiger partial charge in [-0.2, -0.15) is 5.10 Å². The average molecular weight is 336 g/mol. The van der Waals surface area contributed by atoms with Gasteiger partial charge in [-0.05, 0) is 31.9 Å². The molecule has 0 radical (unpaired) electrons. The molecular weight excluding hydrogens is 316 g/mol. The van der Waals surface area contributed by atoms with Crippen LogP contribution in [0.4, 0.5) is 0 Å². The molecule has 0 saturated heterocycles. The molecule has 1 aliphatic rings. The highest BCUT2D eigenvalue weighted by Gasteiger charge is 2.22. The Morgan fingerprint density at radius 3 is 2.88 bits per heavy atom. The van der Waals surface area contributed by atoms with Gasteiger partial charge in [0.1, 0.15) is 5.82 Å². The Bertz CT molecular complexity index is 882. The highest BCUT2D eigenvalue weighted by Crippen LogP contribution is 2.17.